The molecule has 0 unspecified atom stereocenters. The fourth-order valence-electron chi connectivity index (χ4n) is 1.52. The van der Waals surface area contributed by atoms with Crippen LogP contribution in [0.25, 0.3) is 0 Å². The third-order valence-corrected chi connectivity index (χ3v) is 2.43. The number of nitrogens with zero attached hydrogens (tertiary/aromatic N) is 2. The van der Waals surface area contributed by atoms with Crippen LogP contribution in [0.1, 0.15) is 16.2 Å². The topological polar surface area (TPSA) is 127 Å². The fourth-order valence-corrected chi connectivity index (χ4v) is 1.52. The molecule has 1 amide bonds. The Balaban J connectivity index is 2.13. The predicted molar refractivity (Wildman–Crippen MR) is 75.6 cm³/mol. The van der Waals surface area contributed by atoms with Crippen LogP contribution in [0.2, 0.25) is 0 Å². The lowest BCUT2D eigenvalue weighted by molar-refractivity contribution is -0.384. The summed E-state index contributed by atoms with van der Waals surface area (Å²) in [7, 11) is 0. The molecule has 0 aliphatic heterocycles. The number of rotatable bonds is 3. The molecule has 0 bridgehead atoms. The second kappa shape index (κ2) is 6.31. The fraction of sp³-hybridized carbons (Fsp3) is 0.0769. The van der Waals surface area contributed by atoms with E-state index in [0.717, 1.165) is 12.3 Å². The molecule has 2 aromatic rings. The van der Waals surface area contributed by atoms with E-state index in [9.17, 15) is 14.9 Å². The van der Waals surface area contributed by atoms with Crippen LogP contribution >= 0.6 is 0 Å². The average molecular weight is 285 g/mol. The third-order valence-electron chi connectivity index (χ3n) is 2.43. The van der Waals surface area contributed by atoms with Gasteiger partial charge in [-0.3, -0.25) is 14.9 Å². The number of aromatic nitrogens is 2. The summed E-state index contributed by atoms with van der Waals surface area (Å²) in [5, 5.41) is 13.1. The molecule has 0 atom stereocenters. The summed E-state index contributed by atoms with van der Waals surface area (Å²) in [6.45, 7) is 0.213. The van der Waals surface area contributed by atoms with Crippen molar-refractivity contribution in [2.24, 2.45) is 5.73 Å². The van der Waals surface area contributed by atoms with Crippen LogP contribution in [0.3, 0.4) is 0 Å². The molecule has 8 heteroatoms. The summed E-state index contributed by atoms with van der Waals surface area (Å²) in [5.41, 5.74) is 5.62. The molecular weight excluding hydrogens is 274 g/mol. The minimum absolute atomic E-state index is 0.0712. The molecule has 0 aliphatic rings. The predicted octanol–water partition coefficient (Wildman–Crippen LogP) is 0.880. The van der Waals surface area contributed by atoms with Gasteiger partial charge in [-0.05, 0) is 18.1 Å². The lowest BCUT2D eigenvalue weighted by Crippen LogP contribution is -2.13. The Morgan fingerprint density at radius 2 is 2.33 bits per heavy atom. The van der Waals surface area contributed by atoms with Gasteiger partial charge in [0.15, 0.2) is 0 Å². The number of hydrogen-bond donors (Lipinski definition) is 3. The first-order valence-corrected chi connectivity index (χ1v) is 5.90. The zero-order valence-electron chi connectivity index (χ0n) is 10.8. The highest BCUT2D eigenvalue weighted by Crippen LogP contribution is 2.13. The second-order valence-electron chi connectivity index (χ2n) is 3.90. The Hall–Kier alpha value is -3.18. The van der Waals surface area contributed by atoms with Gasteiger partial charge in [0.25, 0.3) is 11.6 Å². The van der Waals surface area contributed by atoms with Gasteiger partial charge in [-0.2, -0.15) is 0 Å². The van der Waals surface area contributed by atoms with Crippen molar-refractivity contribution in [1.29, 1.82) is 0 Å². The molecule has 4 N–H and O–H groups in total. The Morgan fingerprint density at radius 3 is 3.00 bits per heavy atom. The zero-order valence-corrected chi connectivity index (χ0v) is 10.8. The van der Waals surface area contributed by atoms with E-state index in [0.29, 0.717) is 11.5 Å². The number of H-pyrrole nitrogens is 1. The molecule has 21 heavy (non-hydrogen) atoms. The van der Waals surface area contributed by atoms with E-state index in [-0.39, 0.29) is 17.9 Å². The van der Waals surface area contributed by atoms with E-state index < -0.39 is 10.8 Å². The van der Waals surface area contributed by atoms with Crippen molar-refractivity contribution in [1.82, 2.24) is 9.97 Å². The number of amides is 1. The molecule has 0 saturated heterocycles. The summed E-state index contributed by atoms with van der Waals surface area (Å²) in [4.78, 5) is 28.5. The van der Waals surface area contributed by atoms with Gasteiger partial charge < -0.3 is 16.0 Å². The van der Waals surface area contributed by atoms with Crippen LogP contribution in [0.15, 0.2) is 30.5 Å². The summed E-state index contributed by atoms with van der Waals surface area (Å²) in [6, 6.07) is 6.09. The number of aromatic amines is 1. The van der Waals surface area contributed by atoms with E-state index in [4.69, 9.17) is 5.73 Å². The summed E-state index contributed by atoms with van der Waals surface area (Å²) in [5.74, 6) is 5.16. The number of nitro groups is 1. The smallest absolute Gasteiger partial charge is 0.287 e. The molecule has 2 rings (SSSR count). The molecule has 0 aromatic carbocycles. The highest BCUT2D eigenvalue weighted by atomic mass is 16.6. The summed E-state index contributed by atoms with van der Waals surface area (Å²) < 4.78 is 0. The number of carbonyl (C=O) groups is 1. The molecule has 0 aliphatic carbocycles. The lowest BCUT2D eigenvalue weighted by Gasteiger charge is -2.02. The molecule has 0 fully saturated rings. The van der Waals surface area contributed by atoms with Gasteiger partial charge in [0.1, 0.15) is 17.2 Å². The second-order valence-corrected chi connectivity index (χ2v) is 3.90. The van der Waals surface area contributed by atoms with Crippen LogP contribution < -0.4 is 11.1 Å². The Kier molecular flexibility index (Phi) is 4.28. The number of anilines is 1. The van der Waals surface area contributed by atoms with Crippen LogP contribution in [0, 0.1) is 22.0 Å². The van der Waals surface area contributed by atoms with Gasteiger partial charge in [0.05, 0.1) is 17.7 Å². The van der Waals surface area contributed by atoms with Gasteiger partial charge in [0.2, 0.25) is 0 Å². The van der Waals surface area contributed by atoms with Crippen molar-refractivity contribution < 1.29 is 9.72 Å². The minimum Gasteiger partial charge on any atom is -0.351 e. The van der Waals surface area contributed by atoms with Crippen LogP contribution in [-0.2, 0) is 0 Å². The highest BCUT2D eigenvalue weighted by molar-refractivity contribution is 6.02. The molecule has 0 radical (unpaired) electrons. The van der Waals surface area contributed by atoms with E-state index in [1.165, 1.54) is 0 Å². The van der Waals surface area contributed by atoms with Crippen LogP contribution in [0.4, 0.5) is 11.5 Å². The Labute approximate surface area is 119 Å². The van der Waals surface area contributed by atoms with E-state index in [2.05, 4.69) is 27.1 Å². The van der Waals surface area contributed by atoms with E-state index in [1.807, 2.05) is 0 Å². The Morgan fingerprint density at radius 1 is 1.52 bits per heavy atom. The quantitative estimate of drug-likeness (QED) is 0.438. The number of carbonyl (C=O) groups excluding carboxylic acids is 1. The SMILES string of the molecule is NCC#Cc1cccc(NC(=O)c2cc([N+](=O)[O-])c[nH]2)n1. The largest absolute Gasteiger partial charge is 0.351 e. The van der Waals surface area contributed by atoms with Crippen LogP contribution in [-0.4, -0.2) is 27.3 Å². The standard InChI is InChI=1S/C13H11N5O3/c14-6-2-4-9-3-1-5-12(16-9)17-13(19)11-7-10(8-15-11)18(20)21/h1,3,5,7-8,15H,6,14H2,(H,16,17,19). The summed E-state index contributed by atoms with van der Waals surface area (Å²) >= 11 is 0. The lowest BCUT2D eigenvalue weighted by atomic mass is 10.3. The molecule has 0 saturated carbocycles. The van der Waals surface area contributed by atoms with Crippen LogP contribution in [0.5, 0.6) is 0 Å². The highest BCUT2D eigenvalue weighted by Gasteiger charge is 2.14. The third kappa shape index (κ3) is 3.65. The number of hydrogen-bond acceptors (Lipinski definition) is 5. The maximum Gasteiger partial charge on any atom is 0.287 e. The molecule has 8 nitrogen and oxygen atoms in total. The monoisotopic (exact) mass is 285 g/mol. The van der Waals surface area contributed by atoms with Crippen molar-refractivity contribution in [2.75, 3.05) is 11.9 Å². The van der Waals surface area contributed by atoms with Crippen molar-refractivity contribution in [3.05, 3.63) is 52.0 Å². The molecule has 2 heterocycles. The van der Waals surface area contributed by atoms with Gasteiger partial charge in [0, 0.05) is 6.07 Å². The first-order valence-electron chi connectivity index (χ1n) is 5.90. The van der Waals surface area contributed by atoms with Gasteiger partial charge >= 0.3 is 0 Å². The number of nitrogens with one attached hydrogen (secondary N) is 2. The van der Waals surface area contributed by atoms with E-state index >= 15 is 0 Å². The van der Waals surface area contributed by atoms with Crippen molar-refractivity contribution >= 4 is 17.4 Å². The molecular formula is C13H11N5O3. The zero-order chi connectivity index (χ0) is 15.2. The minimum atomic E-state index is -0.589. The molecule has 2 aromatic heterocycles. The number of pyridine rings is 1. The van der Waals surface area contributed by atoms with Crippen molar-refractivity contribution in [3.8, 4) is 11.8 Å². The van der Waals surface area contributed by atoms with Gasteiger partial charge in [-0.25, -0.2) is 4.98 Å². The maximum atomic E-state index is 11.9. The van der Waals surface area contributed by atoms with Crippen molar-refractivity contribution in [2.45, 2.75) is 0 Å². The van der Waals surface area contributed by atoms with Crippen molar-refractivity contribution in [3.63, 3.8) is 0 Å². The van der Waals surface area contributed by atoms with Gasteiger partial charge in [-0.15, -0.1) is 0 Å². The number of nitrogens with two attached hydrogens (primary N) is 1. The normalized spacial score (nSPS) is 9.57. The van der Waals surface area contributed by atoms with Gasteiger partial charge in [-0.1, -0.05) is 12.0 Å². The van der Waals surface area contributed by atoms with E-state index in [1.54, 1.807) is 18.2 Å². The maximum absolute atomic E-state index is 11.9. The average Bonchev–Trinajstić information content (AvgIpc) is 2.95. The summed E-state index contributed by atoms with van der Waals surface area (Å²) in [6.07, 6.45) is 1.14. The first-order chi connectivity index (χ1) is 10.1. The molecule has 106 valence electrons. The first kappa shape index (κ1) is 14.2. The molecule has 0 spiro atoms. The Bertz CT molecular complexity index is 742.